The van der Waals surface area contributed by atoms with Crippen molar-refractivity contribution in [1.29, 1.82) is 0 Å². The van der Waals surface area contributed by atoms with E-state index < -0.39 is 12.4 Å². The summed E-state index contributed by atoms with van der Waals surface area (Å²) in [7, 11) is 1.64. The van der Waals surface area contributed by atoms with Gasteiger partial charge in [-0.05, 0) is 67.6 Å². The summed E-state index contributed by atoms with van der Waals surface area (Å²) in [5, 5.41) is 5.07. The number of halogens is 3. The molecule has 1 aromatic heterocycles. The van der Waals surface area contributed by atoms with Gasteiger partial charge in [0, 0.05) is 35.6 Å². The van der Waals surface area contributed by atoms with E-state index in [0.29, 0.717) is 28.8 Å². The summed E-state index contributed by atoms with van der Waals surface area (Å²) in [4.78, 5) is 28.2. The van der Waals surface area contributed by atoms with E-state index in [1.54, 1.807) is 25.8 Å². The molecule has 3 aromatic carbocycles. The van der Waals surface area contributed by atoms with Gasteiger partial charge in [-0.2, -0.15) is 4.99 Å². The molecule has 0 N–H and O–H groups in total. The van der Waals surface area contributed by atoms with Gasteiger partial charge in [0.1, 0.15) is 17.8 Å². The van der Waals surface area contributed by atoms with Crippen molar-refractivity contribution >= 4 is 34.4 Å². The van der Waals surface area contributed by atoms with Crippen LogP contribution in [-0.2, 0) is 6.42 Å². The molecule has 47 heavy (non-hydrogen) atoms. The number of thioether (sulfide) groups is 1. The van der Waals surface area contributed by atoms with E-state index in [1.165, 1.54) is 35.3 Å². The van der Waals surface area contributed by atoms with Crippen LogP contribution in [0.25, 0.3) is 17.1 Å². The van der Waals surface area contributed by atoms with E-state index >= 15 is 0 Å². The molecule has 1 fully saturated rings. The molecular weight excluding hydrogens is 629 g/mol. The van der Waals surface area contributed by atoms with Crippen molar-refractivity contribution in [2.45, 2.75) is 58.9 Å². The summed E-state index contributed by atoms with van der Waals surface area (Å²) >= 11 is 1.55. The lowest BCUT2D eigenvalue weighted by atomic mass is 9.99. The highest BCUT2D eigenvalue weighted by atomic mass is 32.2. The van der Waals surface area contributed by atoms with E-state index in [2.05, 4.69) is 56.5 Å². The summed E-state index contributed by atoms with van der Waals surface area (Å²) in [6.07, 6.45) is -1.87. The van der Waals surface area contributed by atoms with Crippen LogP contribution in [0.15, 0.2) is 83.0 Å². The number of benzene rings is 3. The molecule has 1 saturated heterocycles. The second kappa shape index (κ2) is 14.4. The van der Waals surface area contributed by atoms with Crippen molar-refractivity contribution in [2.75, 3.05) is 17.8 Å². The zero-order valence-corrected chi connectivity index (χ0v) is 27.5. The first-order chi connectivity index (χ1) is 22.4. The molecule has 0 radical (unpaired) electrons. The number of urea groups is 1. The maximum Gasteiger partial charge on any atom is 0.573 e. The van der Waals surface area contributed by atoms with E-state index in [9.17, 15) is 18.0 Å². The van der Waals surface area contributed by atoms with Crippen molar-refractivity contribution in [3.63, 3.8) is 0 Å². The van der Waals surface area contributed by atoms with Crippen LogP contribution >= 0.6 is 11.8 Å². The minimum absolute atomic E-state index is 0.148. The summed E-state index contributed by atoms with van der Waals surface area (Å²) in [5.41, 5.74) is 4.98. The second-order valence-electron chi connectivity index (χ2n) is 11.4. The Balaban J connectivity index is 1.26. The summed E-state index contributed by atoms with van der Waals surface area (Å²) in [6.45, 7) is 8.21. The van der Waals surface area contributed by atoms with Crippen LogP contribution in [0.1, 0.15) is 51.2 Å². The summed E-state index contributed by atoms with van der Waals surface area (Å²) < 4.78 is 48.2. The highest BCUT2D eigenvalue weighted by Gasteiger charge is 2.31. The molecule has 246 valence electrons. The third-order valence-corrected chi connectivity index (χ3v) is 8.50. The minimum Gasteiger partial charge on any atom is -0.497 e. The zero-order valence-electron chi connectivity index (χ0n) is 26.7. The fourth-order valence-electron chi connectivity index (χ4n) is 5.18. The fourth-order valence-corrected chi connectivity index (χ4v) is 6.38. The molecule has 0 bridgehead atoms. The number of methoxy groups -OCH3 is 1. The first kappa shape index (κ1) is 33.7. The first-order valence-electron chi connectivity index (χ1n) is 15.0. The molecule has 2 amide bonds. The molecular formula is C34H35F3N6O3S. The predicted octanol–water partition coefficient (Wildman–Crippen LogP) is 8.48. The van der Waals surface area contributed by atoms with Crippen molar-refractivity contribution in [2.24, 2.45) is 9.98 Å². The smallest absolute Gasteiger partial charge is 0.497 e. The van der Waals surface area contributed by atoms with Crippen molar-refractivity contribution in [3.8, 4) is 28.6 Å². The number of carbonyl (C=O) groups is 1. The van der Waals surface area contributed by atoms with Gasteiger partial charge < -0.3 is 14.4 Å². The fraction of sp³-hybridized carbons (Fsp3) is 0.324. The number of amidine groups is 1. The van der Waals surface area contributed by atoms with E-state index in [0.717, 1.165) is 40.3 Å². The van der Waals surface area contributed by atoms with Gasteiger partial charge in [-0.1, -0.05) is 55.9 Å². The lowest BCUT2D eigenvalue weighted by Gasteiger charge is -2.37. The van der Waals surface area contributed by atoms with Crippen molar-refractivity contribution in [1.82, 2.24) is 14.8 Å². The molecule has 2 heterocycles. The van der Waals surface area contributed by atoms with Crippen LogP contribution in [-0.4, -0.2) is 56.9 Å². The van der Waals surface area contributed by atoms with Gasteiger partial charge in [0.05, 0.1) is 18.5 Å². The van der Waals surface area contributed by atoms with Gasteiger partial charge in [0.25, 0.3) is 0 Å². The summed E-state index contributed by atoms with van der Waals surface area (Å²) in [5.74, 6) is 2.01. The van der Waals surface area contributed by atoms with Gasteiger partial charge in [-0.3, -0.25) is 0 Å². The molecule has 1 atom stereocenters. The van der Waals surface area contributed by atoms with Gasteiger partial charge in [0.2, 0.25) is 0 Å². The number of hydrogen-bond acceptors (Lipinski definition) is 6. The molecule has 1 aliphatic heterocycles. The monoisotopic (exact) mass is 664 g/mol. The van der Waals surface area contributed by atoms with Gasteiger partial charge in [-0.15, -0.1) is 18.3 Å². The second-order valence-corrected chi connectivity index (χ2v) is 12.4. The van der Waals surface area contributed by atoms with Crippen molar-refractivity contribution < 1.29 is 27.4 Å². The zero-order chi connectivity index (χ0) is 33.7. The Morgan fingerprint density at radius 3 is 2.43 bits per heavy atom. The molecule has 0 spiro atoms. The Bertz CT molecular complexity index is 1770. The lowest BCUT2D eigenvalue weighted by Crippen LogP contribution is -2.42. The summed E-state index contributed by atoms with van der Waals surface area (Å²) in [6, 6.07) is 18.5. The number of ether oxygens (including phenoxy) is 2. The van der Waals surface area contributed by atoms with Crippen LogP contribution < -0.4 is 14.4 Å². The number of amides is 2. The van der Waals surface area contributed by atoms with Crippen LogP contribution in [0, 0.1) is 0 Å². The number of anilines is 1. The van der Waals surface area contributed by atoms with Gasteiger partial charge >= 0.3 is 12.4 Å². The molecule has 0 aliphatic carbocycles. The van der Waals surface area contributed by atoms with E-state index in [1.807, 2.05) is 36.4 Å². The number of aliphatic imine (C=N–C) groups is 2. The van der Waals surface area contributed by atoms with E-state index in [-0.39, 0.29) is 17.7 Å². The van der Waals surface area contributed by atoms with Crippen LogP contribution in [0.3, 0.4) is 0 Å². The number of carbonyl (C=O) groups excluding carboxylic acids is 1. The number of rotatable bonds is 8. The quantitative estimate of drug-likeness (QED) is 0.174. The molecule has 1 aliphatic rings. The number of aromatic nitrogens is 3. The molecule has 0 saturated carbocycles. The predicted molar refractivity (Wildman–Crippen MR) is 179 cm³/mol. The Hall–Kier alpha value is -4.65. The third-order valence-electron chi connectivity index (χ3n) is 7.51. The minimum atomic E-state index is -4.76. The molecule has 5 rings (SSSR count). The van der Waals surface area contributed by atoms with Gasteiger partial charge in [-0.25, -0.2) is 19.5 Å². The topological polar surface area (TPSA) is 94.2 Å². The molecule has 13 heteroatoms. The number of hydrogen-bond donors (Lipinski definition) is 0. The van der Waals surface area contributed by atoms with Crippen LogP contribution in [0.2, 0.25) is 0 Å². The lowest BCUT2D eigenvalue weighted by molar-refractivity contribution is -0.274. The molecule has 1 unspecified atom stereocenters. The Labute approximate surface area is 275 Å². The normalized spacial score (nSPS) is 16.5. The molecule has 9 nitrogen and oxygen atoms in total. The highest BCUT2D eigenvalue weighted by molar-refractivity contribution is 8.14. The van der Waals surface area contributed by atoms with Crippen molar-refractivity contribution in [3.05, 3.63) is 84.2 Å². The molecule has 4 aromatic rings. The third kappa shape index (κ3) is 8.59. The highest BCUT2D eigenvalue weighted by Crippen LogP contribution is 2.37. The van der Waals surface area contributed by atoms with Crippen LogP contribution in [0.5, 0.6) is 11.5 Å². The SMILES string of the molecule is COc1ccc(C(C)C)c(N2C(=NC(=O)N=C(C)Cc3ccc(-c4ncn(-c5ccc(OC(F)(F)F)cc5)n4)cc3)SCCC2C)c1. The average Bonchev–Trinajstić information content (AvgIpc) is 3.51. The maximum absolute atomic E-state index is 13.1. The first-order valence-corrected chi connectivity index (χ1v) is 16.0. The van der Waals surface area contributed by atoms with Crippen LogP contribution in [0.4, 0.5) is 23.7 Å². The Kier molecular flexibility index (Phi) is 10.3. The van der Waals surface area contributed by atoms with E-state index in [4.69, 9.17) is 4.74 Å². The average molecular weight is 665 g/mol. The maximum atomic E-state index is 13.1. The standard InChI is InChI=1S/C34H35F3N6O3S/c1-21(2)29-15-14-28(45-5)19-30(29)43-23(4)16-17-47-33(43)40-32(44)39-22(3)18-24-6-8-25(9-7-24)31-38-20-42(41-31)26-10-12-27(13-11-26)46-34(35,36)37/h6-15,19-21,23H,16-18H2,1-5H3. The largest absolute Gasteiger partial charge is 0.573 e. The Morgan fingerprint density at radius 2 is 1.77 bits per heavy atom. The number of nitrogens with zero attached hydrogens (tertiary/aromatic N) is 6. The van der Waals surface area contributed by atoms with Gasteiger partial charge in [0.15, 0.2) is 11.0 Å². The Morgan fingerprint density at radius 1 is 1.06 bits per heavy atom. The number of alkyl halides is 3.